The van der Waals surface area contributed by atoms with Gasteiger partial charge in [-0.15, -0.1) is 0 Å². The maximum Gasteiger partial charge on any atom is 0.230 e. The topological polar surface area (TPSA) is 67.2 Å². The van der Waals surface area contributed by atoms with Crippen LogP contribution in [0, 0.1) is 0 Å². The van der Waals surface area contributed by atoms with E-state index in [1.54, 1.807) is 0 Å². The number of nitrogens with one attached hydrogen (secondary N) is 2. The van der Waals surface area contributed by atoms with E-state index < -0.39 is 0 Å². The van der Waals surface area contributed by atoms with E-state index in [1.807, 2.05) is 60.7 Å². The number of aryl methyl sites for hydroxylation is 1. The molecule has 0 radical (unpaired) electrons. The molecule has 156 valence electrons. The van der Waals surface area contributed by atoms with Crippen LogP contribution in [0.2, 0.25) is 0 Å². The third-order valence-corrected chi connectivity index (χ3v) is 5.14. The van der Waals surface area contributed by atoms with Gasteiger partial charge in [-0.1, -0.05) is 55.5 Å². The average Bonchev–Trinajstić information content (AvgIpc) is 3.17. The Labute approximate surface area is 186 Å². The number of amides is 1. The molecule has 4 rings (SSSR count). The number of anilines is 1. The highest BCUT2D eigenvalue weighted by atomic mass is 32.1. The number of benzene rings is 3. The molecule has 0 aliphatic carbocycles. The van der Waals surface area contributed by atoms with Crippen LogP contribution in [-0.4, -0.2) is 16.0 Å². The first-order valence-corrected chi connectivity index (χ1v) is 10.6. The molecular formula is C25H23N3O2S. The number of aromatic nitrogens is 1. The van der Waals surface area contributed by atoms with Crippen molar-refractivity contribution in [3.8, 4) is 0 Å². The Bertz CT molecular complexity index is 1200. The lowest BCUT2D eigenvalue weighted by molar-refractivity contribution is -0.119. The van der Waals surface area contributed by atoms with Crippen molar-refractivity contribution in [1.29, 1.82) is 0 Å². The average molecular weight is 430 g/mol. The van der Waals surface area contributed by atoms with Crippen LogP contribution >= 0.6 is 12.2 Å². The smallest absolute Gasteiger partial charge is 0.230 e. The maximum absolute atomic E-state index is 12.1. The molecule has 1 aromatic heterocycles. The van der Waals surface area contributed by atoms with Gasteiger partial charge in [0, 0.05) is 12.1 Å². The predicted molar refractivity (Wildman–Crippen MR) is 127 cm³/mol. The van der Waals surface area contributed by atoms with Crippen molar-refractivity contribution in [1.82, 2.24) is 10.3 Å². The molecule has 6 heteroatoms. The summed E-state index contributed by atoms with van der Waals surface area (Å²) in [6.45, 7) is 2.12. The highest BCUT2D eigenvalue weighted by molar-refractivity contribution is 7.80. The van der Waals surface area contributed by atoms with Crippen molar-refractivity contribution >= 4 is 40.0 Å². The molecule has 0 unspecified atom stereocenters. The predicted octanol–water partition coefficient (Wildman–Crippen LogP) is 5.04. The van der Waals surface area contributed by atoms with E-state index in [4.69, 9.17) is 16.6 Å². The van der Waals surface area contributed by atoms with Gasteiger partial charge in [-0.25, -0.2) is 4.98 Å². The van der Waals surface area contributed by atoms with E-state index in [0.717, 1.165) is 34.3 Å². The van der Waals surface area contributed by atoms with Crippen LogP contribution in [0.3, 0.4) is 0 Å². The molecule has 0 aliphatic rings. The second-order valence-corrected chi connectivity index (χ2v) is 7.71. The number of hydrogen-bond acceptors (Lipinski definition) is 4. The van der Waals surface area contributed by atoms with E-state index >= 15 is 0 Å². The Morgan fingerprint density at radius 2 is 1.71 bits per heavy atom. The summed E-state index contributed by atoms with van der Waals surface area (Å²) in [6.07, 6.45) is 1.86. The van der Waals surface area contributed by atoms with Crippen LogP contribution in [0.15, 0.2) is 77.2 Å². The molecule has 5 nitrogen and oxygen atoms in total. The Morgan fingerprint density at radius 1 is 0.968 bits per heavy atom. The van der Waals surface area contributed by atoms with Crippen molar-refractivity contribution in [3.05, 3.63) is 95.4 Å². The quantitative estimate of drug-likeness (QED) is 0.421. The summed E-state index contributed by atoms with van der Waals surface area (Å²) in [4.78, 5) is 16.7. The molecule has 4 aromatic rings. The van der Waals surface area contributed by atoms with Gasteiger partial charge in [0.05, 0.1) is 6.42 Å². The summed E-state index contributed by atoms with van der Waals surface area (Å²) < 4.78 is 5.86. The van der Waals surface area contributed by atoms with Crippen molar-refractivity contribution in [2.24, 2.45) is 0 Å². The minimum absolute atomic E-state index is 0.150. The molecule has 0 bridgehead atoms. The van der Waals surface area contributed by atoms with Gasteiger partial charge < -0.3 is 15.1 Å². The number of carbonyl (C=O) groups is 1. The summed E-state index contributed by atoms with van der Waals surface area (Å²) in [7, 11) is 0. The fraction of sp³-hybridized carbons (Fsp3) is 0.160. The minimum atomic E-state index is -0.150. The first-order chi connectivity index (χ1) is 15.1. The van der Waals surface area contributed by atoms with Crippen LogP contribution in [-0.2, 0) is 24.1 Å². The molecular weight excluding hydrogens is 406 g/mol. The van der Waals surface area contributed by atoms with Crippen molar-refractivity contribution in [2.75, 3.05) is 5.32 Å². The van der Waals surface area contributed by atoms with Crippen molar-refractivity contribution in [3.63, 3.8) is 0 Å². The zero-order chi connectivity index (χ0) is 21.6. The summed E-state index contributed by atoms with van der Waals surface area (Å²) in [5.74, 6) is 0.537. The van der Waals surface area contributed by atoms with Gasteiger partial charge in [0.15, 0.2) is 16.6 Å². The van der Waals surface area contributed by atoms with E-state index in [0.29, 0.717) is 12.3 Å². The molecule has 1 amide bonds. The standard InChI is InChI=1S/C25H23N3O2S/c1-2-17-10-13-22-21(14-17)27-24(30-22)16-19-8-11-20(12-9-19)26-25(31)28-23(29)15-18-6-4-3-5-7-18/h3-14H,2,15-16H2,1H3,(H2,26,28,29,31). The van der Waals surface area contributed by atoms with Crippen LogP contribution in [0.4, 0.5) is 5.69 Å². The van der Waals surface area contributed by atoms with Crippen molar-refractivity contribution < 1.29 is 9.21 Å². The summed E-state index contributed by atoms with van der Waals surface area (Å²) in [5.41, 5.74) is 5.77. The van der Waals surface area contributed by atoms with Crippen molar-refractivity contribution in [2.45, 2.75) is 26.2 Å². The number of fused-ring (bicyclic) bond motifs is 1. The van der Waals surface area contributed by atoms with Crippen LogP contribution in [0.5, 0.6) is 0 Å². The van der Waals surface area contributed by atoms with Crippen LogP contribution in [0.1, 0.15) is 29.5 Å². The Morgan fingerprint density at radius 3 is 2.45 bits per heavy atom. The fourth-order valence-electron chi connectivity index (χ4n) is 3.31. The molecule has 0 atom stereocenters. The maximum atomic E-state index is 12.1. The number of thiocarbonyl (C=S) groups is 1. The highest BCUT2D eigenvalue weighted by Gasteiger charge is 2.09. The molecule has 0 aliphatic heterocycles. The molecule has 3 aromatic carbocycles. The van der Waals surface area contributed by atoms with Gasteiger partial charge >= 0.3 is 0 Å². The van der Waals surface area contributed by atoms with Gasteiger partial charge in [0.2, 0.25) is 5.91 Å². The summed E-state index contributed by atoms with van der Waals surface area (Å²) in [5, 5.41) is 6.03. The van der Waals surface area contributed by atoms with Crippen LogP contribution in [0.25, 0.3) is 11.1 Å². The zero-order valence-electron chi connectivity index (χ0n) is 17.2. The lowest BCUT2D eigenvalue weighted by atomic mass is 10.1. The van der Waals surface area contributed by atoms with Gasteiger partial charge in [0.1, 0.15) is 5.52 Å². The molecule has 0 saturated heterocycles. The molecule has 0 spiro atoms. The SMILES string of the molecule is CCc1ccc2oc(Cc3ccc(NC(=S)NC(=O)Cc4ccccc4)cc3)nc2c1. The third kappa shape index (κ3) is 5.55. The first-order valence-electron chi connectivity index (χ1n) is 10.2. The summed E-state index contributed by atoms with van der Waals surface area (Å²) in [6, 6.07) is 23.5. The largest absolute Gasteiger partial charge is 0.440 e. The molecule has 2 N–H and O–H groups in total. The Hall–Kier alpha value is -3.51. The van der Waals surface area contributed by atoms with E-state index in [-0.39, 0.29) is 17.4 Å². The molecule has 0 fully saturated rings. The second kappa shape index (κ2) is 9.53. The minimum Gasteiger partial charge on any atom is -0.440 e. The van der Waals surface area contributed by atoms with Gasteiger partial charge in [0.25, 0.3) is 0 Å². The van der Waals surface area contributed by atoms with E-state index in [9.17, 15) is 4.79 Å². The molecule has 1 heterocycles. The Kier molecular flexibility index (Phi) is 6.38. The van der Waals surface area contributed by atoms with Gasteiger partial charge in [-0.3, -0.25) is 4.79 Å². The number of oxazole rings is 1. The molecule has 0 saturated carbocycles. The van der Waals surface area contributed by atoms with Gasteiger partial charge in [-0.05, 0) is 59.6 Å². The van der Waals surface area contributed by atoms with E-state index in [2.05, 4.69) is 34.7 Å². The second-order valence-electron chi connectivity index (χ2n) is 7.30. The Balaban J connectivity index is 1.32. The number of carbonyl (C=O) groups excluding carboxylic acids is 1. The highest BCUT2D eigenvalue weighted by Crippen LogP contribution is 2.20. The van der Waals surface area contributed by atoms with Crippen LogP contribution < -0.4 is 10.6 Å². The lowest BCUT2D eigenvalue weighted by Gasteiger charge is -2.10. The van der Waals surface area contributed by atoms with E-state index in [1.165, 1.54) is 5.56 Å². The monoisotopic (exact) mass is 429 g/mol. The fourth-order valence-corrected chi connectivity index (χ4v) is 3.54. The number of rotatable bonds is 6. The lowest BCUT2D eigenvalue weighted by Crippen LogP contribution is -2.35. The zero-order valence-corrected chi connectivity index (χ0v) is 18.0. The summed E-state index contributed by atoms with van der Waals surface area (Å²) >= 11 is 5.26. The van der Waals surface area contributed by atoms with Gasteiger partial charge in [-0.2, -0.15) is 0 Å². The number of hydrogen-bond donors (Lipinski definition) is 2. The first kappa shape index (κ1) is 20.8. The third-order valence-electron chi connectivity index (χ3n) is 4.93. The molecule has 31 heavy (non-hydrogen) atoms. The number of nitrogens with zero attached hydrogens (tertiary/aromatic N) is 1. The normalized spacial score (nSPS) is 10.7.